The Labute approximate surface area is 561 Å². The fraction of sp³-hybridized carbons (Fsp3) is 0.239. The van der Waals surface area contributed by atoms with Crippen LogP contribution in [-0.4, -0.2) is 79.8 Å². The molecule has 5 radical (unpaired) electrons. The predicted octanol–water partition coefficient (Wildman–Crippen LogP) is 15.9. The van der Waals surface area contributed by atoms with Crippen LogP contribution >= 0.6 is 7.68 Å². The summed E-state index contributed by atoms with van der Waals surface area (Å²) < 4.78 is 7.03. The number of hydrogen-bond acceptors (Lipinski definition) is 8. The minimum absolute atomic E-state index is 0. The van der Waals surface area contributed by atoms with Crippen molar-refractivity contribution >= 4 is 101 Å². The van der Waals surface area contributed by atoms with Crippen LogP contribution in [0, 0.1) is 0 Å². The van der Waals surface area contributed by atoms with Gasteiger partial charge in [-0.1, -0.05) is 222 Å². The third-order valence-corrected chi connectivity index (χ3v) is 16.3. The van der Waals surface area contributed by atoms with Gasteiger partial charge in [0.15, 0.2) is 5.76 Å². The van der Waals surface area contributed by atoms with Gasteiger partial charge in [-0.2, -0.15) is 7.68 Å². The van der Waals surface area contributed by atoms with Gasteiger partial charge in [-0.15, -0.1) is 22.1 Å². The Kier molecular flexibility index (Phi) is 23.5. The van der Waals surface area contributed by atoms with Crippen LogP contribution in [0.15, 0.2) is 157 Å². The number of aliphatic carboxylic acids is 2. The molecule has 7 aromatic rings. The summed E-state index contributed by atoms with van der Waals surface area (Å²) in [4.78, 5) is 53.9. The van der Waals surface area contributed by atoms with E-state index in [1.807, 2.05) is 24.3 Å². The Morgan fingerprint density at radius 2 is 0.933 bits per heavy atom. The van der Waals surface area contributed by atoms with E-state index in [1.165, 1.54) is 34.9 Å². The van der Waals surface area contributed by atoms with Gasteiger partial charge in [-0.05, 0) is 132 Å². The van der Waals surface area contributed by atoms with E-state index in [-0.39, 0.29) is 73.0 Å². The number of aromatic nitrogens is 4. The minimum Gasteiger partial charge on any atom is -0.657 e. The molecule has 0 aliphatic carbocycles. The summed E-state index contributed by atoms with van der Waals surface area (Å²) in [5.41, 5.74) is 16.8. The summed E-state index contributed by atoms with van der Waals surface area (Å²) in [5, 5.41) is 36.0. The van der Waals surface area contributed by atoms with Crippen molar-refractivity contribution in [3.63, 3.8) is 0 Å². The van der Waals surface area contributed by atoms with Gasteiger partial charge in [0.2, 0.25) is 0 Å². The van der Waals surface area contributed by atoms with Gasteiger partial charge in [-0.3, -0.25) is 5.26 Å². The topological polar surface area (TPSA) is 187 Å². The fourth-order valence-corrected chi connectivity index (χ4v) is 10.5. The van der Waals surface area contributed by atoms with E-state index in [1.54, 1.807) is 11.9 Å². The van der Waals surface area contributed by atoms with E-state index in [2.05, 4.69) is 208 Å². The molecule has 5 heterocycles. The first-order chi connectivity index (χ1) is 42.0. The molecule has 0 fully saturated rings. The molecule has 0 spiro atoms. The van der Waals surface area contributed by atoms with Gasteiger partial charge < -0.3 is 25.1 Å². The Morgan fingerprint density at radius 1 is 0.567 bits per heavy atom. The second-order valence-electron chi connectivity index (χ2n) is 25.7. The Hall–Kier alpha value is -7.00. The van der Waals surface area contributed by atoms with Crippen molar-refractivity contribution < 1.29 is 79.0 Å². The van der Waals surface area contributed by atoms with Crippen LogP contribution < -0.4 is 9.97 Å². The smallest absolute Gasteiger partial charge is 0.657 e. The molecule has 0 saturated carbocycles. The van der Waals surface area contributed by atoms with Crippen molar-refractivity contribution in [2.45, 2.75) is 105 Å². The maximum absolute atomic E-state index is 12.1. The Bertz CT molecular complexity index is 4120. The Morgan fingerprint density at radius 3 is 1.27 bits per heavy atom. The molecule has 8 bridgehead atoms. The quantitative estimate of drug-likeness (QED) is 0.00877. The van der Waals surface area contributed by atoms with Crippen LogP contribution in [0.25, 0.3) is 97.0 Å². The molecule has 4 N–H and O–H groups in total. The average Bonchev–Trinajstić information content (AvgIpc) is 1.73. The van der Waals surface area contributed by atoms with E-state index in [0.717, 1.165) is 86.1 Å². The van der Waals surface area contributed by atoms with Crippen LogP contribution in [-0.2, 0) is 80.0 Å². The van der Waals surface area contributed by atoms with Crippen LogP contribution in [0.5, 0.6) is 0 Å². The number of benzene rings is 4. The minimum atomic E-state index is -1.54. The monoisotopic (exact) mass is 1310 g/mol. The van der Waals surface area contributed by atoms with E-state index >= 15 is 0 Å². The molecule has 1 atom stereocenters. The van der Waals surface area contributed by atoms with Crippen molar-refractivity contribution in [1.82, 2.24) is 19.9 Å². The average molecular weight is 1320 g/mol. The van der Waals surface area contributed by atoms with E-state index < -0.39 is 31.4 Å². The van der Waals surface area contributed by atoms with Crippen molar-refractivity contribution in [2.75, 3.05) is 6.61 Å². The number of carbonyl (C=O) groups is 2. The number of allylic oxidation sites excluding steroid dienone is 4. The first-order valence-electron chi connectivity index (χ1n) is 29.4. The second kappa shape index (κ2) is 30.0. The number of carboxylic acids is 2. The van der Waals surface area contributed by atoms with Crippen LogP contribution in [0.4, 0.5) is 0 Å². The van der Waals surface area contributed by atoms with Crippen molar-refractivity contribution in [3.8, 4) is 44.5 Å². The molecule has 3 aromatic heterocycles. The first kappa shape index (κ1) is 70.5. The van der Waals surface area contributed by atoms with Gasteiger partial charge in [0.05, 0.1) is 29.0 Å². The van der Waals surface area contributed by atoms with Crippen LogP contribution in [0.2, 0.25) is 0 Å². The zero-order valence-electron chi connectivity index (χ0n) is 54.3. The van der Waals surface area contributed by atoms with E-state index in [9.17, 15) is 19.8 Å². The van der Waals surface area contributed by atoms with Crippen molar-refractivity contribution in [3.05, 3.63) is 207 Å². The Balaban J connectivity index is 0.000000687. The summed E-state index contributed by atoms with van der Waals surface area (Å²) in [6.45, 7) is 26.1. The molecule has 445 valence electrons. The molecule has 4 aromatic carbocycles. The summed E-state index contributed by atoms with van der Waals surface area (Å²) in [5.74, 6) is -1.45. The molecule has 1 unspecified atom stereocenters. The molecule has 90 heavy (non-hydrogen) atoms. The van der Waals surface area contributed by atoms with E-state index in [0.29, 0.717) is 28.0 Å². The molecular weight excluding hydrogens is 1240 g/mol. The summed E-state index contributed by atoms with van der Waals surface area (Å²) in [6, 6.07) is 40.5. The third kappa shape index (κ3) is 17.3. The predicted molar refractivity (Wildman–Crippen MR) is 367 cm³/mol. The number of nitrogens with zero attached hydrogens (tertiary/aromatic N) is 4. The second-order valence-corrected chi connectivity index (χ2v) is 27.5. The first-order valence-corrected chi connectivity index (χ1v) is 30.4. The van der Waals surface area contributed by atoms with Gasteiger partial charge in [0, 0.05) is 35.0 Å². The number of hydrogen-bond donors (Lipinski definition) is 4. The number of rotatable bonds is 15. The normalized spacial score (nSPS) is 13.0. The molecule has 2 aliphatic heterocycles. The third-order valence-electron chi connectivity index (χ3n) is 15.1. The zero-order chi connectivity index (χ0) is 64.8. The van der Waals surface area contributed by atoms with E-state index in [4.69, 9.17) is 47.3 Å². The van der Waals surface area contributed by atoms with Gasteiger partial charge in [0.1, 0.15) is 19.7 Å². The van der Waals surface area contributed by atoms with Gasteiger partial charge in [-0.25, -0.2) is 29.7 Å². The largest absolute Gasteiger partial charge is 2.00 e. The maximum Gasteiger partial charge on any atom is 2.00 e. The summed E-state index contributed by atoms with van der Waals surface area (Å²) in [6.07, 6.45) is 14.7. The molecule has 0 saturated heterocycles. The van der Waals surface area contributed by atoms with Gasteiger partial charge >= 0.3 is 31.4 Å². The van der Waals surface area contributed by atoms with Gasteiger partial charge in [0.25, 0.3) is 0 Å². The fourth-order valence-electron chi connectivity index (χ4n) is 10.0. The molecule has 19 heteroatoms. The van der Waals surface area contributed by atoms with Crippen molar-refractivity contribution in [1.29, 1.82) is 1.34 Å². The molecular formula is C71H72B4N4O8PZn2. The summed E-state index contributed by atoms with van der Waals surface area (Å²) >= 11 is 0. The maximum atomic E-state index is 12.1. The number of carboxylic acid groups (broad SMARTS) is 2. The van der Waals surface area contributed by atoms with Crippen LogP contribution in [0.1, 0.15) is 134 Å². The van der Waals surface area contributed by atoms with Crippen LogP contribution in [0.3, 0.4) is 0 Å². The SMILES string of the molecule is CC(C)(C)c1ccc(-c2c3nc(c(-c4ccc(C(C)(C)C)cc4)c4cc(/C=C/C=C(C(=O)O)C(=O)O)c([n-]4)c(-c4ccc(C(C)(C)C)cc4)c4nc(c(-c5ccc(C(C)(C)C)cc5)c5ccc2[n-]5)C=C4)C=C3)cc1.[3H][B]P(C=CC=C(COO)OO)B([B])[B].[Zn+2].[Zn]. The van der Waals surface area contributed by atoms with Crippen molar-refractivity contribution in [2.24, 2.45) is 0 Å². The molecule has 9 rings (SSSR count). The molecule has 2 aliphatic rings. The zero-order valence-corrected chi connectivity index (χ0v) is 60.2. The molecule has 0 amide bonds. The molecule has 12 nitrogen and oxygen atoms in total. The standard InChI is InChI=1S/C66H66N4O4.C5H8B4O4P.2Zn/c1-63(2,3)44-24-16-39(17-25-44)56-49-32-33-50(67-49)57(40-18-26-45(27-19-40)64(4,5)6)52-36-37-54(69-52)59(42-22-30-47(31-23-42)66(10,11)12)60-43(14-13-15-48(61(71)72)62(73)74)38-55(70-60)58(53-35-34-51(56)68-53)41-20-28-46(29-21-41)65(7,8)9;6-9(7)14(8)3-1-2-5(13-11)4-12-10;;/h13-38H,1-12H3,(H4,67,68,69,70,71,72,73,74);1-3,8,10-11H,4H2;;/q;;;+2/p-2/b14-13+,56-49?,56-51?,57-50?,57-52?,58-53?,58-55?,59-54?,60-59?;;;/i;8T;;. The summed E-state index contributed by atoms with van der Waals surface area (Å²) in [7, 11) is 10.9. The number of fused-ring (bicyclic) bond motifs is 8.